The minimum absolute atomic E-state index is 0.894. The molecule has 0 radical (unpaired) electrons. The molecule has 1 heteroatoms. The molecule has 1 aliphatic carbocycles. The first-order chi connectivity index (χ1) is 8.69. The maximum absolute atomic E-state index is 3.53. The molecule has 0 bridgehead atoms. The first-order valence-corrected chi connectivity index (χ1v) is 7.47. The van der Waals surface area contributed by atoms with Gasteiger partial charge >= 0.3 is 0 Å². The largest absolute Gasteiger partial charge is 0.317 e. The summed E-state index contributed by atoms with van der Waals surface area (Å²) in [6.07, 6.45) is 5.54. The van der Waals surface area contributed by atoms with Crippen molar-refractivity contribution in [3.05, 3.63) is 34.9 Å². The lowest BCUT2D eigenvalue weighted by molar-refractivity contribution is 0.368. The van der Waals surface area contributed by atoms with Crippen molar-refractivity contribution < 1.29 is 0 Å². The van der Waals surface area contributed by atoms with Crippen LogP contribution in [0.25, 0.3) is 0 Å². The number of hydrogen-bond acceptors (Lipinski definition) is 1. The predicted octanol–water partition coefficient (Wildman–Crippen LogP) is 3.87. The SMILES string of the molecule is CCNCC1CCCC1Cc1cc(C)cc(C)c1. The number of benzene rings is 1. The lowest BCUT2D eigenvalue weighted by Gasteiger charge is -2.20. The highest BCUT2D eigenvalue weighted by Gasteiger charge is 2.26. The standard InChI is InChI=1S/C17H27N/c1-4-18-12-17-7-5-6-16(17)11-15-9-13(2)8-14(3)10-15/h8-10,16-18H,4-7,11-12H2,1-3H3. The fourth-order valence-electron chi connectivity index (χ4n) is 3.47. The fraction of sp³-hybridized carbons (Fsp3) is 0.647. The van der Waals surface area contributed by atoms with E-state index in [1.165, 1.54) is 43.4 Å². The van der Waals surface area contributed by atoms with Gasteiger partial charge in [0.2, 0.25) is 0 Å². The molecule has 1 saturated carbocycles. The predicted molar refractivity (Wildman–Crippen MR) is 79.0 cm³/mol. The molecule has 0 aliphatic heterocycles. The smallest absolute Gasteiger partial charge is 0.00179 e. The van der Waals surface area contributed by atoms with Crippen LogP contribution in [0.1, 0.15) is 42.9 Å². The van der Waals surface area contributed by atoms with Gasteiger partial charge in [-0.3, -0.25) is 0 Å². The molecular weight excluding hydrogens is 218 g/mol. The van der Waals surface area contributed by atoms with E-state index in [0.29, 0.717) is 0 Å². The van der Waals surface area contributed by atoms with E-state index in [0.717, 1.165) is 18.4 Å². The molecular formula is C17H27N. The topological polar surface area (TPSA) is 12.0 Å². The van der Waals surface area contributed by atoms with Crippen LogP contribution in [0, 0.1) is 25.7 Å². The molecule has 1 aliphatic rings. The average Bonchev–Trinajstić information content (AvgIpc) is 2.72. The third-order valence-corrected chi connectivity index (χ3v) is 4.25. The van der Waals surface area contributed by atoms with Gasteiger partial charge in [0, 0.05) is 0 Å². The van der Waals surface area contributed by atoms with Crippen molar-refractivity contribution in [2.75, 3.05) is 13.1 Å². The molecule has 0 aromatic heterocycles. The highest BCUT2D eigenvalue weighted by atomic mass is 14.8. The van der Waals surface area contributed by atoms with Crippen LogP contribution in [-0.4, -0.2) is 13.1 Å². The van der Waals surface area contributed by atoms with Crippen LogP contribution in [-0.2, 0) is 6.42 Å². The summed E-state index contributed by atoms with van der Waals surface area (Å²) in [5, 5.41) is 3.53. The quantitative estimate of drug-likeness (QED) is 0.830. The van der Waals surface area contributed by atoms with Gasteiger partial charge in [-0.05, 0) is 63.6 Å². The summed E-state index contributed by atoms with van der Waals surface area (Å²) in [7, 11) is 0. The van der Waals surface area contributed by atoms with Crippen molar-refractivity contribution in [3.63, 3.8) is 0 Å². The van der Waals surface area contributed by atoms with Crippen LogP contribution in [0.3, 0.4) is 0 Å². The van der Waals surface area contributed by atoms with Gasteiger partial charge in [-0.15, -0.1) is 0 Å². The number of rotatable bonds is 5. The van der Waals surface area contributed by atoms with Crippen LogP contribution >= 0.6 is 0 Å². The van der Waals surface area contributed by atoms with E-state index in [9.17, 15) is 0 Å². The Kier molecular flexibility index (Phi) is 4.82. The van der Waals surface area contributed by atoms with Gasteiger partial charge in [-0.25, -0.2) is 0 Å². The molecule has 18 heavy (non-hydrogen) atoms. The van der Waals surface area contributed by atoms with Gasteiger partial charge in [0.05, 0.1) is 0 Å². The maximum Gasteiger partial charge on any atom is -0.00179 e. The summed E-state index contributed by atoms with van der Waals surface area (Å²) >= 11 is 0. The van der Waals surface area contributed by atoms with Gasteiger partial charge in [-0.2, -0.15) is 0 Å². The second kappa shape index (κ2) is 6.38. The molecule has 0 saturated heterocycles. The lowest BCUT2D eigenvalue weighted by Crippen LogP contribution is -2.26. The zero-order chi connectivity index (χ0) is 13.0. The van der Waals surface area contributed by atoms with Crippen molar-refractivity contribution in [2.24, 2.45) is 11.8 Å². The summed E-state index contributed by atoms with van der Waals surface area (Å²) in [5.74, 6) is 1.79. The van der Waals surface area contributed by atoms with E-state index in [4.69, 9.17) is 0 Å². The normalized spacial score (nSPS) is 23.5. The first kappa shape index (κ1) is 13.6. The van der Waals surface area contributed by atoms with Crippen molar-refractivity contribution in [2.45, 2.75) is 46.5 Å². The Hall–Kier alpha value is -0.820. The lowest BCUT2D eigenvalue weighted by atomic mass is 9.88. The highest BCUT2D eigenvalue weighted by molar-refractivity contribution is 5.29. The van der Waals surface area contributed by atoms with Crippen LogP contribution in [0.4, 0.5) is 0 Å². The minimum Gasteiger partial charge on any atom is -0.317 e. The summed E-state index contributed by atoms with van der Waals surface area (Å²) in [6, 6.07) is 7.01. The Balaban J connectivity index is 1.98. The molecule has 1 aromatic carbocycles. The first-order valence-electron chi connectivity index (χ1n) is 7.47. The average molecular weight is 245 g/mol. The van der Waals surface area contributed by atoms with Gasteiger partial charge in [0.25, 0.3) is 0 Å². The molecule has 1 N–H and O–H groups in total. The van der Waals surface area contributed by atoms with Crippen molar-refractivity contribution in [1.82, 2.24) is 5.32 Å². The van der Waals surface area contributed by atoms with E-state index in [1.807, 2.05) is 0 Å². The fourth-order valence-corrected chi connectivity index (χ4v) is 3.47. The van der Waals surface area contributed by atoms with Gasteiger partial charge in [-0.1, -0.05) is 42.7 Å². The molecule has 2 rings (SSSR count). The zero-order valence-corrected chi connectivity index (χ0v) is 12.1. The summed E-state index contributed by atoms with van der Waals surface area (Å²) in [4.78, 5) is 0. The Morgan fingerprint density at radius 1 is 1.06 bits per heavy atom. The third-order valence-electron chi connectivity index (χ3n) is 4.25. The van der Waals surface area contributed by atoms with Gasteiger partial charge in [0.1, 0.15) is 0 Å². The zero-order valence-electron chi connectivity index (χ0n) is 12.1. The Bertz CT molecular complexity index is 363. The highest BCUT2D eigenvalue weighted by Crippen LogP contribution is 2.34. The van der Waals surface area contributed by atoms with Gasteiger partial charge < -0.3 is 5.32 Å². The van der Waals surface area contributed by atoms with E-state index in [2.05, 4.69) is 44.3 Å². The molecule has 1 aromatic rings. The molecule has 2 atom stereocenters. The monoisotopic (exact) mass is 245 g/mol. The van der Waals surface area contributed by atoms with Crippen molar-refractivity contribution in [1.29, 1.82) is 0 Å². The van der Waals surface area contributed by atoms with Crippen molar-refractivity contribution >= 4 is 0 Å². The Morgan fingerprint density at radius 2 is 1.72 bits per heavy atom. The molecule has 0 amide bonds. The maximum atomic E-state index is 3.53. The molecule has 100 valence electrons. The van der Waals surface area contributed by atoms with E-state index >= 15 is 0 Å². The summed E-state index contributed by atoms with van der Waals surface area (Å²) in [6.45, 7) is 8.94. The molecule has 2 unspecified atom stereocenters. The second-order valence-electron chi connectivity index (χ2n) is 5.96. The second-order valence-corrected chi connectivity index (χ2v) is 5.96. The molecule has 1 nitrogen and oxygen atoms in total. The van der Waals surface area contributed by atoms with Crippen LogP contribution in [0.5, 0.6) is 0 Å². The Labute approximate surface area is 112 Å². The van der Waals surface area contributed by atoms with E-state index in [-0.39, 0.29) is 0 Å². The number of aryl methyl sites for hydroxylation is 2. The van der Waals surface area contributed by atoms with Crippen molar-refractivity contribution in [3.8, 4) is 0 Å². The summed E-state index contributed by atoms with van der Waals surface area (Å²) in [5.41, 5.74) is 4.36. The Morgan fingerprint density at radius 3 is 2.39 bits per heavy atom. The van der Waals surface area contributed by atoms with Crippen LogP contribution in [0.15, 0.2) is 18.2 Å². The van der Waals surface area contributed by atoms with Crippen LogP contribution < -0.4 is 5.32 Å². The molecule has 1 fully saturated rings. The molecule has 0 spiro atoms. The van der Waals surface area contributed by atoms with E-state index < -0.39 is 0 Å². The van der Waals surface area contributed by atoms with Gasteiger partial charge in [0.15, 0.2) is 0 Å². The number of nitrogens with one attached hydrogen (secondary N) is 1. The minimum atomic E-state index is 0.894. The molecule has 0 heterocycles. The summed E-state index contributed by atoms with van der Waals surface area (Å²) < 4.78 is 0. The van der Waals surface area contributed by atoms with E-state index in [1.54, 1.807) is 5.56 Å². The van der Waals surface area contributed by atoms with Crippen LogP contribution in [0.2, 0.25) is 0 Å². The third kappa shape index (κ3) is 3.58. The number of hydrogen-bond donors (Lipinski definition) is 1.